The molecule has 2 aromatic rings. The molecule has 2 N–H and O–H groups in total. The van der Waals surface area contributed by atoms with Crippen LogP contribution >= 0.6 is 0 Å². The molecule has 0 saturated heterocycles. The molecule has 3 rings (SSSR count). The molecule has 1 heterocycles. The number of hydrogen-bond acceptors (Lipinski definition) is 6. The number of aromatic nitrogens is 3. The fraction of sp³-hybridized carbons (Fsp3) is 0.231. The molecule has 1 aliphatic carbocycles. The van der Waals surface area contributed by atoms with Crippen molar-refractivity contribution in [2.75, 3.05) is 10.6 Å². The third-order valence-electron chi connectivity index (χ3n) is 2.73. The smallest absolute Gasteiger partial charge is 0.244 e. The molecule has 94 valence electrons. The van der Waals surface area contributed by atoms with Crippen LogP contribution in [0.4, 0.5) is 17.5 Å². The lowest BCUT2D eigenvalue weighted by Crippen LogP contribution is -2.07. The summed E-state index contributed by atoms with van der Waals surface area (Å²) in [6.07, 6.45) is 3.87. The molecule has 0 unspecified atom stereocenters. The normalized spacial score (nSPS) is 13.6. The van der Waals surface area contributed by atoms with E-state index < -0.39 is 0 Å². The van der Waals surface area contributed by atoms with E-state index in [1.807, 2.05) is 12.1 Å². The molecular formula is C13H12N6. The van der Waals surface area contributed by atoms with Gasteiger partial charge in [-0.2, -0.15) is 15.3 Å². The topological polar surface area (TPSA) is 86.5 Å². The van der Waals surface area contributed by atoms with Gasteiger partial charge in [0.25, 0.3) is 0 Å². The number of benzene rings is 1. The Morgan fingerprint density at radius 3 is 3.00 bits per heavy atom. The van der Waals surface area contributed by atoms with Crippen LogP contribution in [0.5, 0.6) is 0 Å². The van der Waals surface area contributed by atoms with Crippen LogP contribution in [-0.4, -0.2) is 21.2 Å². The highest BCUT2D eigenvalue weighted by atomic mass is 15.3. The molecule has 1 fully saturated rings. The maximum absolute atomic E-state index is 8.85. The van der Waals surface area contributed by atoms with Crippen molar-refractivity contribution in [3.63, 3.8) is 0 Å². The molecule has 6 nitrogen and oxygen atoms in total. The van der Waals surface area contributed by atoms with Gasteiger partial charge in [-0.25, -0.2) is 0 Å². The van der Waals surface area contributed by atoms with Crippen LogP contribution in [-0.2, 0) is 0 Å². The van der Waals surface area contributed by atoms with Gasteiger partial charge < -0.3 is 10.6 Å². The Hall–Kier alpha value is -2.68. The van der Waals surface area contributed by atoms with E-state index in [1.54, 1.807) is 18.3 Å². The second-order valence-corrected chi connectivity index (χ2v) is 4.40. The van der Waals surface area contributed by atoms with E-state index in [1.165, 1.54) is 0 Å². The maximum atomic E-state index is 8.85. The van der Waals surface area contributed by atoms with Gasteiger partial charge in [0.2, 0.25) is 5.95 Å². The molecule has 1 saturated carbocycles. The molecule has 1 aromatic heterocycles. The lowest BCUT2D eigenvalue weighted by molar-refractivity contribution is 0.947. The molecule has 0 bridgehead atoms. The van der Waals surface area contributed by atoms with Crippen LogP contribution in [0, 0.1) is 11.3 Å². The highest BCUT2D eigenvalue weighted by Crippen LogP contribution is 2.23. The van der Waals surface area contributed by atoms with Crippen molar-refractivity contribution in [1.29, 1.82) is 5.26 Å². The minimum absolute atomic E-state index is 0.485. The van der Waals surface area contributed by atoms with Gasteiger partial charge in [0.1, 0.15) is 0 Å². The zero-order valence-electron chi connectivity index (χ0n) is 10.2. The summed E-state index contributed by atoms with van der Waals surface area (Å²) in [5, 5.41) is 23.0. The van der Waals surface area contributed by atoms with Gasteiger partial charge in [0, 0.05) is 11.7 Å². The summed E-state index contributed by atoms with van der Waals surface area (Å²) in [6.45, 7) is 0. The highest BCUT2D eigenvalue weighted by Gasteiger charge is 2.22. The quantitative estimate of drug-likeness (QED) is 0.866. The largest absolute Gasteiger partial charge is 0.350 e. The molecule has 1 aromatic carbocycles. The predicted molar refractivity (Wildman–Crippen MR) is 70.9 cm³/mol. The lowest BCUT2D eigenvalue weighted by atomic mass is 10.2. The Morgan fingerprint density at radius 2 is 2.21 bits per heavy atom. The Bertz CT molecular complexity index is 629. The Labute approximate surface area is 110 Å². The first-order chi connectivity index (χ1) is 9.33. The second-order valence-electron chi connectivity index (χ2n) is 4.40. The molecule has 19 heavy (non-hydrogen) atoms. The molecule has 6 heteroatoms. The van der Waals surface area contributed by atoms with Crippen molar-refractivity contribution in [3.8, 4) is 6.07 Å². The van der Waals surface area contributed by atoms with Gasteiger partial charge in [-0.1, -0.05) is 6.07 Å². The standard InChI is InChI=1S/C13H12N6/c14-7-9-2-1-3-11(6-9)16-12-8-15-19-13(18-12)17-10-4-5-10/h1-3,6,8,10H,4-5H2,(H2,16,17,18,19). The van der Waals surface area contributed by atoms with Crippen molar-refractivity contribution in [2.45, 2.75) is 18.9 Å². The van der Waals surface area contributed by atoms with E-state index in [0.29, 0.717) is 23.4 Å². The molecule has 0 aliphatic heterocycles. The average molecular weight is 252 g/mol. The third kappa shape index (κ3) is 2.96. The lowest BCUT2D eigenvalue weighted by Gasteiger charge is -2.07. The van der Waals surface area contributed by atoms with Crippen LogP contribution in [0.1, 0.15) is 18.4 Å². The minimum atomic E-state index is 0.485. The molecule has 0 amide bonds. The summed E-state index contributed by atoms with van der Waals surface area (Å²) >= 11 is 0. The zero-order valence-corrected chi connectivity index (χ0v) is 10.2. The van der Waals surface area contributed by atoms with E-state index in [9.17, 15) is 0 Å². The van der Waals surface area contributed by atoms with Crippen molar-refractivity contribution >= 4 is 17.5 Å². The van der Waals surface area contributed by atoms with E-state index in [4.69, 9.17) is 5.26 Å². The first-order valence-corrected chi connectivity index (χ1v) is 6.07. The van der Waals surface area contributed by atoms with E-state index in [0.717, 1.165) is 18.5 Å². The molecule has 0 radical (unpaired) electrons. The SMILES string of the molecule is N#Cc1cccc(Nc2cnnc(NC3CC3)n2)c1. The van der Waals surface area contributed by atoms with Gasteiger partial charge in [-0.15, -0.1) is 5.10 Å². The minimum Gasteiger partial charge on any atom is -0.350 e. The monoisotopic (exact) mass is 252 g/mol. The number of nitrogens with one attached hydrogen (secondary N) is 2. The Kier molecular flexibility index (Phi) is 2.94. The number of hydrogen-bond donors (Lipinski definition) is 2. The first-order valence-electron chi connectivity index (χ1n) is 6.07. The molecular weight excluding hydrogens is 240 g/mol. The van der Waals surface area contributed by atoms with Crippen molar-refractivity contribution in [2.24, 2.45) is 0 Å². The van der Waals surface area contributed by atoms with Gasteiger partial charge in [-0.05, 0) is 31.0 Å². The predicted octanol–water partition coefficient (Wildman–Crippen LogP) is 2.06. The number of rotatable bonds is 4. The van der Waals surface area contributed by atoms with Gasteiger partial charge in [0.05, 0.1) is 17.8 Å². The maximum Gasteiger partial charge on any atom is 0.244 e. The van der Waals surface area contributed by atoms with E-state index in [2.05, 4.69) is 31.9 Å². The molecule has 0 atom stereocenters. The van der Waals surface area contributed by atoms with Gasteiger partial charge in [-0.3, -0.25) is 0 Å². The van der Waals surface area contributed by atoms with Gasteiger partial charge in [0.15, 0.2) is 5.82 Å². The van der Waals surface area contributed by atoms with Crippen LogP contribution < -0.4 is 10.6 Å². The van der Waals surface area contributed by atoms with E-state index >= 15 is 0 Å². The van der Waals surface area contributed by atoms with Crippen LogP contribution in [0.15, 0.2) is 30.5 Å². The van der Waals surface area contributed by atoms with Gasteiger partial charge >= 0.3 is 0 Å². The highest BCUT2D eigenvalue weighted by molar-refractivity contribution is 5.58. The van der Waals surface area contributed by atoms with Crippen LogP contribution in [0.3, 0.4) is 0 Å². The summed E-state index contributed by atoms with van der Waals surface area (Å²) in [4.78, 5) is 4.32. The third-order valence-corrected chi connectivity index (χ3v) is 2.73. The van der Waals surface area contributed by atoms with E-state index in [-0.39, 0.29) is 0 Å². The molecule has 1 aliphatic rings. The summed E-state index contributed by atoms with van der Waals surface area (Å²) in [5.41, 5.74) is 1.40. The van der Waals surface area contributed by atoms with Crippen LogP contribution in [0.2, 0.25) is 0 Å². The van der Waals surface area contributed by atoms with Crippen molar-refractivity contribution in [1.82, 2.24) is 15.2 Å². The Morgan fingerprint density at radius 1 is 1.32 bits per heavy atom. The average Bonchev–Trinajstić information content (AvgIpc) is 3.23. The number of anilines is 3. The summed E-state index contributed by atoms with van der Waals surface area (Å²) in [7, 11) is 0. The number of nitrogens with zero attached hydrogens (tertiary/aromatic N) is 4. The summed E-state index contributed by atoms with van der Waals surface area (Å²) < 4.78 is 0. The fourth-order valence-electron chi connectivity index (χ4n) is 1.65. The zero-order chi connectivity index (χ0) is 13.1. The Balaban J connectivity index is 1.76. The first kappa shape index (κ1) is 11.4. The number of nitriles is 1. The van der Waals surface area contributed by atoms with Crippen LogP contribution in [0.25, 0.3) is 0 Å². The van der Waals surface area contributed by atoms with Crippen molar-refractivity contribution in [3.05, 3.63) is 36.0 Å². The fourth-order valence-corrected chi connectivity index (χ4v) is 1.65. The second kappa shape index (κ2) is 4.90. The van der Waals surface area contributed by atoms with Crippen molar-refractivity contribution < 1.29 is 0 Å². The summed E-state index contributed by atoms with van der Waals surface area (Å²) in [6, 6.07) is 9.79. The molecule has 0 spiro atoms. The summed E-state index contributed by atoms with van der Waals surface area (Å²) in [5.74, 6) is 1.14.